The molecule has 1 fully saturated rings. The molecule has 1 rings (SSSR count). The normalized spacial score (nSPS) is 35.8. The Kier molecular flexibility index (Phi) is 3.24. The third-order valence-corrected chi connectivity index (χ3v) is 2.11. The minimum Gasteiger partial charge on any atom is -0.388 e. The van der Waals surface area contributed by atoms with Gasteiger partial charge in [0.05, 0.1) is 12.1 Å². The molecule has 1 aliphatic heterocycles. The molecule has 4 atom stereocenters. The van der Waals surface area contributed by atoms with Crippen LogP contribution in [-0.4, -0.2) is 40.7 Å². The number of carbonyl (C=O) groups is 1. The van der Waals surface area contributed by atoms with Gasteiger partial charge in [-0.3, -0.25) is 4.79 Å². The number of carbonyl (C=O) groups excluding carboxylic acids is 1. The zero-order chi connectivity index (χ0) is 10.0. The number of hydrogen-bond donors (Lipinski definition) is 3. The lowest BCUT2D eigenvalue weighted by Crippen LogP contribution is -2.40. The van der Waals surface area contributed by atoms with Crippen LogP contribution in [0.15, 0.2) is 0 Å². The molecule has 76 valence electrons. The predicted octanol–water partition coefficient (Wildman–Crippen LogP) is -1.02. The van der Waals surface area contributed by atoms with E-state index in [9.17, 15) is 4.79 Å². The fraction of sp³-hybridized carbons (Fsp3) is 0.875. The van der Waals surface area contributed by atoms with E-state index in [0.717, 1.165) is 0 Å². The summed E-state index contributed by atoms with van der Waals surface area (Å²) in [5.74, 6) is -0.146. The summed E-state index contributed by atoms with van der Waals surface area (Å²) in [6, 6.07) is -0.190. The van der Waals surface area contributed by atoms with Gasteiger partial charge < -0.3 is 20.3 Å². The summed E-state index contributed by atoms with van der Waals surface area (Å²) in [7, 11) is 0. The number of ether oxygens (including phenoxy) is 1. The van der Waals surface area contributed by atoms with Crippen molar-refractivity contribution in [1.29, 1.82) is 0 Å². The maximum atomic E-state index is 10.7. The van der Waals surface area contributed by atoms with Crippen molar-refractivity contribution in [3.8, 4) is 0 Å². The molecule has 5 heteroatoms. The molecular formula is C8H15NO4. The number of rotatable bonds is 2. The van der Waals surface area contributed by atoms with Gasteiger partial charge in [-0.2, -0.15) is 0 Å². The standard InChI is InChI=1S/C8H15NO4/c1-4(9-5(2)10)7-3-6(11)8(12)13-7/h4,6-8,11-12H,3H2,1-2H3,(H,9,10). The quantitative estimate of drug-likeness (QED) is 0.519. The summed E-state index contributed by atoms with van der Waals surface area (Å²) < 4.78 is 5.03. The monoisotopic (exact) mass is 189 g/mol. The maximum Gasteiger partial charge on any atom is 0.217 e. The highest BCUT2D eigenvalue weighted by Crippen LogP contribution is 2.20. The molecule has 0 saturated carbocycles. The molecule has 1 amide bonds. The second-order valence-electron chi connectivity index (χ2n) is 3.36. The van der Waals surface area contributed by atoms with E-state index in [-0.39, 0.29) is 18.1 Å². The SMILES string of the molecule is CC(=O)NC(C)C1CC(O)C(O)O1. The van der Waals surface area contributed by atoms with Crippen molar-refractivity contribution in [2.45, 2.75) is 44.8 Å². The Morgan fingerprint density at radius 2 is 2.23 bits per heavy atom. The largest absolute Gasteiger partial charge is 0.388 e. The fourth-order valence-corrected chi connectivity index (χ4v) is 1.42. The zero-order valence-corrected chi connectivity index (χ0v) is 7.73. The molecule has 0 aromatic rings. The van der Waals surface area contributed by atoms with Gasteiger partial charge in [0, 0.05) is 13.3 Å². The molecule has 3 N–H and O–H groups in total. The Hall–Kier alpha value is -0.650. The molecule has 1 aliphatic rings. The van der Waals surface area contributed by atoms with Gasteiger partial charge in [0.25, 0.3) is 0 Å². The molecule has 0 aromatic heterocycles. The van der Waals surface area contributed by atoms with Crippen LogP contribution in [0.2, 0.25) is 0 Å². The lowest BCUT2D eigenvalue weighted by Gasteiger charge is -2.18. The first-order valence-corrected chi connectivity index (χ1v) is 4.29. The van der Waals surface area contributed by atoms with Crippen molar-refractivity contribution in [2.24, 2.45) is 0 Å². The summed E-state index contributed by atoms with van der Waals surface area (Å²) in [4.78, 5) is 10.7. The van der Waals surface area contributed by atoms with E-state index in [1.807, 2.05) is 0 Å². The van der Waals surface area contributed by atoms with Crippen LogP contribution in [-0.2, 0) is 9.53 Å². The second-order valence-corrected chi connectivity index (χ2v) is 3.36. The number of aliphatic hydroxyl groups excluding tert-OH is 2. The predicted molar refractivity (Wildman–Crippen MR) is 44.8 cm³/mol. The summed E-state index contributed by atoms with van der Waals surface area (Å²) >= 11 is 0. The van der Waals surface area contributed by atoms with Crippen LogP contribution < -0.4 is 5.32 Å². The molecular weight excluding hydrogens is 174 g/mol. The van der Waals surface area contributed by atoms with Crippen LogP contribution in [0.4, 0.5) is 0 Å². The van der Waals surface area contributed by atoms with Gasteiger partial charge in [-0.15, -0.1) is 0 Å². The maximum absolute atomic E-state index is 10.7. The van der Waals surface area contributed by atoms with E-state index in [4.69, 9.17) is 14.9 Å². The first-order chi connectivity index (χ1) is 6.00. The van der Waals surface area contributed by atoms with E-state index < -0.39 is 12.4 Å². The van der Waals surface area contributed by atoms with Crippen LogP contribution in [0.5, 0.6) is 0 Å². The van der Waals surface area contributed by atoms with Crippen molar-refractivity contribution in [3.05, 3.63) is 0 Å². The average molecular weight is 189 g/mol. The fourth-order valence-electron chi connectivity index (χ4n) is 1.42. The van der Waals surface area contributed by atoms with Crippen LogP contribution in [0.25, 0.3) is 0 Å². The van der Waals surface area contributed by atoms with Crippen molar-refractivity contribution >= 4 is 5.91 Å². The Bertz CT molecular complexity index is 187. The number of aliphatic hydroxyl groups is 2. The van der Waals surface area contributed by atoms with Gasteiger partial charge >= 0.3 is 0 Å². The molecule has 0 aromatic carbocycles. The van der Waals surface area contributed by atoms with Crippen molar-refractivity contribution < 1.29 is 19.7 Å². The first-order valence-electron chi connectivity index (χ1n) is 4.29. The molecule has 1 saturated heterocycles. The highest BCUT2D eigenvalue weighted by Gasteiger charge is 2.35. The molecule has 0 aliphatic carbocycles. The van der Waals surface area contributed by atoms with Crippen LogP contribution in [0, 0.1) is 0 Å². The minimum atomic E-state index is -1.12. The molecule has 4 unspecified atom stereocenters. The van der Waals surface area contributed by atoms with Gasteiger partial charge in [0.2, 0.25) is 5.91 Å². The van der Waals surface area contributed by atoms with Gasteiger partial charge in [-0.05, 0) is 6.92 Å². The third-order valence-electron chi connectivity index (χ3n) is 2.11. The van der Waals surface area contributed by atoms with Gasteiger partial charge in [0.15, 0.2) is 6.29 Å². The molecule has 1 heterocycles. The molecule has 0 radical (unpaired) electrons. The number of amides is 1. The Morgan fingerprint density at radius 3 is 2.62 bits per heavy atom. The molecule has 5 nitrogen and oxygen atoms in total. The van der Waals surface area contributed by atoms with E-state index in [2.05, 4.69) is 5.32 Å². The topological polar surface area (TPSA) is 78.8 Å². The van der Waals surface area contributed by atoms with E-state index in [1.54, 1.807) is 6.92 Å². The smallest absolute Gasteiger partial charge is 0.217 e. The van der Waals surface area contributed by atoms with E-state index in [0.29, 0.717) is 6.42 Å². The summed E-state index contributed by atoms with van der Waals surface area (Å²) in [5, 5.41) is 20.9. The van der Waals surface area contributed by atoms with Crippen LogP contribution in [0.1, 0.15) is 20.3 Å². The van der Waals surface area contributed by atoms with Gasteiger partial charge in [-0.1, -0.05) is 0 Å². The van der Waals surface area contributed by atoms with E-state index in [1.165, 1.54) is 6.92 Å². The Morgan fingerprint density at radius 1 is 1.62 bits per heavy atom. The summed E-state index contributed by atoms with van der Waals surface area (Å²) in [6.45, 7) is 3.19. The minimum absolute atomic E-state index is 0.146. The number of hydrogen-bond acceptors (Lipinski definition) is 4. The van der Waals surface area contributed by atoms with Gasteiger partial charge in [-0.25, -0.2) is 0 Å². The molecule has 0 spiro atoms. The molecule has 13 heavy (non-hydrogen) atoms. The Labute approximate surface area is 76.7 Å². The average Bonchev–Trinajstić information content (AvgIpc) is 2.31. The summed E-state index contributed by atoms with van der Waals surface area (Å²) in [5.41, 5.74) is 0. The van der Waals surface area contributed by atoms with Crippen molar-refractivity contribution in [2.75, 3.05) is 0 Å². The lowest BCUT2D eigenvalue weighted by atomic mass is 10.1. The highest BCUT2D eigenvalue weighted by atomic mass is 16.6. The number of nitrogens with one attached hydrogen (secondary N) is 1. The molecule has 0 bridgehead atoms. The second kappa shape index (κ2) is 4.04. The highest BCUT2D eigenvalue weighted by molar-refractivity contribution is 5.73. The first kappa shape index (κ1) is 10.4. The van der Waals surface area contributed by atoms with E-state index >= 15 is 0 Å². The van der Waals surface area contributed by atoms with Crippen LogP contribution in [0.3, 0.4) is 0 Å². The van der Waals surface area contributed by atoms with Crippen molar-refractivity contribution in [1.82, 2.24) is 5.32 Å². The lowest BCUT2D eigenvalue weighted by molar-refractivity contribution is -0.135. The Balaban J connectivity index is 2.41. The third kappa shape index (κ3) is 2.65. The zero-order valence-electron chi connectivity index (χ0n) is 7.73. The summed E-state index contributed by atoms with van der Waals surface area (Å²) in [6.07, 6.45) is -1.93. The van der Waals surface area contributed by atoms with Crippen molar-refractivity contribution in [3.63, 3.8) is 0 Å². The van der Waals surface area contributed by atoms with Crippen LogP contribution >= 0.6 is 0 Å². The van der Waals surface area contributed by atoms with Gasteiger partial charge in [0.1, 0.15) is 6.10 Å².